The lowest BCUT2D eigenvalue weighted by Crippen LogP contribution is -2.53. The number of pyridine rings is 1. The van der Waals surface area contributed by atoms with Gasteiger partial charge in [-0.05, 0) is 42.3 Å². The van der Waals surface area contributed by atoms with Crippen LogP contribution in [-0.4, -0.2) is 17.1 Å². The van der Waals surface area contributed by atoms with Gasteiger partial charge in [-0.15, -0.1) is 0 Å². The van der Waals surface area contributed by atoms with Crippen molar-refractivity contribution >= 4 is 23.0 Å². The predicted molar refractivity (Wildman–Crippen MR) is 144 cm³/mol. The van der Waals surface area contributed by atoms with Crippen LogP contribution in [0.1, 0.15) is 40.9 Å². The molecular weight excluding hydrogens is 566 g/mol. The average molecular weight is 591 g/mol. The number of carbonyl (C=O) groups excluding carboxylic acids is 1. The van der Waals surface area contributed by atoms with Crippen molar-refractivity contribution in [3.05, 3.63) is 116 Å². The molecule has 1 aromatic heterocycles. The van der Waals surface area contributed by atoms with Crippen molar-refractivity contribution in [2.75, 3.05) is 10.6 Å². The van der Waals surface area contributed by atoms with Gasteiger partial charge < -0.3 is 16.0 Å². The summed E-state index contributed by atoms with van der Waals surface area (Å²) in [6.45, 7) is 3.34. The van der Waals surface area contributed by atoms with E-state index < -0.39 is 57.4 Å². The lowest BCUT2D eigenvalue weighted by atomic mass is 9.82. The van der Waals surface area contributed by atoms with Gasteiger partial charge in [-0.1, -0.05) is 44.2 Å². The zero-order chi connectivity index (χ0) is 30.9. The van der Waals surface area contributed by atoms with Gasteiger partial charge in [-0.2, -0.15) is 26.3 Å². The van der Waals surface area contributed by atoms with Crippen molar-refractivity contribution in [3.63, 3.8) is 0 Å². The Balaban J connectivity index is 1.72. The number of nitrogens with one attached hydrogen (secondary N) is 3. The molecule has 3 N–H and O–H groups in total. The van der Waals surface area contributed by atoms with Gasteiger partial charge in [-0.3, -0.25) is 19.4 Å². The Kier molecular flexibility index (Phi) is 8.15. The number of hydrogen-bond acceptors (Lipinski definition) is 6. The SMILES string of the molecule is CC(C)(Cc1ccccc1)C(NC(=O)c1cc(C(F)(F)F)cc(C(F)(F)F)c1)Nc1c(Nc2cccnc2)c(=O)c1=O. The van der Waals surface area contributed by atoms with Gasteiger partial charge in [0.1, 0.15) is 17.5 Å². The highest BCUT2D eigenvalue weighted by Crippen LogP contribution is 2.37. The summed E-state index contributed by atoms with van der Waals surface area (Å²) < 4.78 is 80.5. The number of nitrogens with zero attached hydrogens (tertiary/aromatic N) is 1. The van der Waals surface area contributed by atoms with Gasteiger partial charge in [0.2, 0.25) is 0 Å². The first-order chi connectivity index (χ1) is 19.6. The van der Waals surface area contributed by atoms with E-state index in [1.807, 2.05) is 0 Å². The molecule has 4 aromatic rings. The number of rotatable bonds is 9. The number of carbonyl (C=O) groups is 1. The zero-order valence-electron chi connectivity index (χ0n) is 22.2. The third-order valence-corrected chi connectivity index (χ3v) is 6.54. The Hall–Kier alpha value is -4.68. The summed E-state index contributed by atoms with van der Waals surface area (Å²) in [5, 5.41) is 8.02. The molecule has 1 amide bonds. The summed E-state index contributed by atoms with van der Waals surface area (Å²) in [5.74, 6) is -1.26. The number of anilines is 3. The van der Waals surface area contributed by atoms with Gasteiger partial charge in [0, 0.05) is 17.2 Å². The molecule has 0 aliphatic rings. The summed E-state index contributed by atoms with van der Waals surface area (Å²) >= 11 is 0. The van der Waals surface area contributed by atoms with Crippen LogP contribution < -0.4 is 26.8 Å². The number of hydrogen-bond donors (Lipinski definition) is 3. The van der Waals surface area contributed by atoms with Crippen molar-refractivity contribution < 1.29 is 31.1 Å². The van der Waals surface area contributed by atoms with E-state index in [-0.39, 0.29) is 23.9 Å². The van der Waals surface area contributed by atoms with E-state index in [1.54, 1.807) is 56.3 Å². The maximum absolute atomic E-state index is 13.4. The minimum Gasteiger partial charge on any atom is -0.360 e. The Bertz CT molecular complexity index is 1610. The van der Waals surface area contributed by atoms with Crippen LogP contribution >= 0.6 is 0 Å². The van der Waals surface area contributed by atoms with Crippen LogP contribution in [0.4, 0.5) is 43.4 Å². The maximum atomic E-state index is 13.4. The van der Waals surface area contributed by atoms with Crippen LogP contribution in [-0.2, 0) is 18.8 Å². The fourth-order valence-corrected chi connectivity index (χ4v) is 4.33. The van der Waals surface area contributed by atoms with Crippen molar-refractivity contribution in [3.8, 4) is 0 Å². The molecule has 0 saturated heterocycles. The number of amides is 1. The molecule has 4 rings (SSSR count). The summed E-state index contributed by atoms with van der Waals surface area (Å²) in [7, 11) is 0. The highest BCUT2D eigenvalue weighted by Gasteiger charge is 2.39. The molecular formula is C29H24F6N4O3. The molecule has 13 heteroatoms. The van der Waals surface area contributed by atoms with Crippen molar-refractivity contribution in [2.45, 2.75) is 38.8 Å². The first kappa shape index (κ1) is 30.3. The molecule has 0 aliphatic carbocycles. The molecule has 0 bridgehead atoms. The zero-order valence-corrected chi connectivity index (χ0v) is 22.2. The first-order valence-corrected chi connectivity index (χ1v) is 12.5. The van der Waals surface area contributed by atoms with Gasteiger partial charge in [-0.25, -0.2) is 0 Å². The van der Waals surface area contributed by atoms with E-state index in [0.717, 1.165) is 5.56 Å². The molecule has 0 spiro atoms. The van der Waals surface area contributed by atoms with E-state index in [1.165, 1.54) is 12.4 Å². The van der Waals surface area contributed by atoms with Crippen LogP contribution in [0.2, 0.25) is 0 Å². The average Bonchev–Trinajstić information content (AvgIpc) is 2.93. The third-order valence-electron chi connectivity index (χ3n) is 6.54. The highest BCUT2D eigenvalue weighted by molar-refractivity contribution is 5.95. The number of halogens is 6. The Morgan fingerprint density at radius 1 is 0.833 bits per heavy atom. The number of benzene rings is 2. The standard InChI is InChI=1S/C29H24F6N4O3/c1-27(2,14-16-7-4-3-5-8-16)26(38-22-21(23(40)24(22)41)37-20-9-6-10-36-15-20)39-25(42)17-11-18(28(30,31)32)13-19(12-17)29(33,34)35/h3-13,15,26,37-38H,14H2,1-2H3,(H,39,42). The van der Waals surface area contributed by atoms with Crippen molar-refractivity contribution in [2.24, 2.45) is 5.41 Å². The molecule has 220 valence electrons. The monoisotopic (exact) mass is 590 g/mol. The largest absolute Gasteiger partial charge is 0.416 e. The normalized spacial score (nSPS) is 13.0. The topological polar surface area (TPSA) is 100 Å². The molecule has 42 heavy (non-hydrogen) atoms. The van der Waals surface area contributed by atoms with E-state index in [0.29, 0.717) is 17.8 Å². The van der Waals surface area contributed by atoms with Crippen LogP contribution in [0, 0.1) is 5.41 Å². The Labute approximate surface area is 235 Å². The number of alkyl halides is 6. The minimum atomic E-state index is -5.16. The second kappa shape index (κ2) is 11.3. The Morgan fingerprint density at radius 2 is 1.43 bits per heavy atom. The van der Waals surface area contributed by atoms with Crippen LogP contribution in [0.3, 0.4) is 0 Å². The summed E-state index contributed by atoms with van der Waals surface area (Å²) in [5.41, 5.74) is -6.16. The molecule has 0 radical (unpaired) electrons. The van der Waals surface area contributed by atoms with Crippen LogP contribution in [0.15, 0.2) is 82.6 Å². The van der Waals surface area contributed by atoms with Gasteiger partial charge in [0.15, 0.2) is 0 Å². The molecule has 0 saturated carbocycles. The van der Waals surface area contributed by atoms with Gasteiger partial charge >= 0.3 is 12.4 Å². The summed E-state index contributed by atoms with van der Waals surface area (Å²) in [4.78, 5) is 42.1. The minimum absolute atomic E-state index is 0.0777. The molecule has 3 aromatic carbocycles. The smallest absolute Gasteiger partial charge is 0.360 e. The molecule has 0 fully saturated rings. The fraction of sp³-hybridized carbons (Fsp3) is 0.241. The first-order valence-electron chi connectivity index (χ1n) is 12.5. The maximum Gasteiger partial charge on any atom is 0.416 e. The molecule has 1 heterocycles. The molecule has 1 unspecified atom stereocenters. The van der Waals surface area contributed by atoms with E-state index in [9.17, 15) is 40.7 Å². The second-order valence-corrected chi connectivity index (χ2v) is 10.3. The predicted octanol–water partition coefficient (Wildman–Crippen LogP) is 5.90. The van der Waals surface area contributed by atoms with E-state index in [4.69, 9.17) is 0 Å². The molecule has 7 nitrogen and oxygen atoms in total. The summed E-state index contributed by atoms with van der Waals surface area (Å²) in [6.07, 6.45) is -8.42. The van der Waals surface area contributed by atoms with Gasteiger partial charge in [0.25, 0.3) is 16.8 Å². The lowest BCUT2D eigenvalue weighted by Gasteiger charge is -2.37. The van der Waals surface area contributed by atoms with Crippen molar-refractivity contribution in [1.82, 2.24) is 10.3 Å². The molecule has 1 atom stereocenters. The third kappa shape index (κ3) is 6.78. The van der Waals surface area contributed by atoms with E-state index in [2.05, 4.69) is 20.9 Å². The second-order valence-electron chi connectivity index (χ2n) is 10.3. The summed E-state index contributed by atoms with van der Waals surface area (Å²) in [6, 6.07) is 12.6. The van der Waals surface area contributed by atoms with E-state index >= 15 is 0 Å². The molecule has 0 aliphatic heterocycles. The van der Waals surface area contributed by atoms with Crippen molar-refractivity contribution in [1.29, 1.82) is 0 Å². The fourth-order valence-electron chi connectivity index (χ4n) is 4.33. The van der Waals surface area contributed by atoms with Crippen LogP contribution in [0.5, 0.6) is 0 Å². The highest BCUT2D eigenvalue weighted by atomic mass is 19.4. The van der Waals surface area contributed by atoms with Gasteiger partial charge in [0.05, 0.1) is 23.0 Å². The number of aromatic nitrogens is 1. The quantitative estimate of drug-likeness (QED) is 0.128. The Morgan fingerprint density at radius 3 is 1.98 bits per heavy atom. The van der Waals surface area contributed by atoms with Crippen LogP contribution in [0.25, 0.3) is 0 Å². The lowest BCUT2D eigenvalue weighted by molar-refractivity contribution is -0.143.